The summed E-state index contributed by atoms with van der Waals surface area (Å²) in [4.78, 5) is 0. The van der Waals surface area contributed by atoms with Crippen LogP contribution in [0.25, 0.3) is 0 Å². The lowest BCUT2D eigenvalue weighted by Crippen LogP contribution is -2.31. The molecule has 0 radical (unpaired) electrons. The second kappa shape index (κ2) is 10.5. The van der Waals surface area contributed by atoms with Crippen molar-refractivity contribution in [2.45, 2.75) is 92.1 Å². The maximum atomic E-state index is 10.1. The molecule has 3 unspecified atom stereocenters. The van der Waals surface area contributed by atoms with Gasteiger partial charge >= 0.3 is 0 Å². The van der Waals surface area contributed by atoms with Gasteiger partial charge in [-0.2, -0.15) is 0 Å². The van der Waals surface area contributed by atoms with Crippen LogP contribution in [0.3, 0.4) is 0 Å². The van der Waals surface area contributed by atoms with Gasteiger partial charge < -0.3 is 5.11 Å². The summed E-state index contributed by atoms with van der Waals surface area (Å²) in [6.45, 7) is 15.5. The molecule has 5 atom stereocenters. The quantitative estimate of drug-likeness (QED) is 0.331. The first kappa shape index (κ1) is 22.2. The summed E-state index contributed by atoms with van der Waals surface area (Å²) in [7, 11) is 0. The first-order valence-electron chi connectivity index (χ1n) is 11.2. The Labute approximate surface area is 168 Å². The molecule has 1 N–H and O–H groups in total. The predicted molar refractivity (Wildman–Crippen MR) is 119 cm³/mol. The molecule has 0 aromatic rings. The van der Waals surface area contributed by atoms with E-state index in [9.17, 15) is 5.11 Å². The van der Waals surface area contributed by atoms with E-state index in [1.54, 1.807) is 11.1 Å². The van der Waals surface area contributed by atoms with E-state index in [1.807, 2.05) is 6.92 Å². The Morgan fingerprint density at radius 2 is 1.96 bits per heavy atom. The monoisotopic (exact) mass is 370 g/mol. The van der Waals surface area contributed by atoms with Crippen molar-refractivity contribution >= 4 is 0 Å². The van der Waals surface area contributed by atoms with Crippen LogP contribution in [-0.2, 0) is 0 Å². The molecule has 0 fully saturated rings. The molecule has 0 aromatic carbocycles. The van der Waals surface area contributed by atoms with E-state index in [4.69, 9.17) is 0 Å². The summed E-state index contributed by atoms with van der Waals surface area (Å²) in [5.41, 5.74) is 6.12. The standard InChI is InChI=1S/C26H42O/c1-18(17-26-20(3)12-10-14-25(26)23(6)27)11-8-7-9-13-24-21(4)15-19(2)16-22(24)5/h10,12,15,19-20,23,25-27H,1,7-9,11,13-14,16-17H2,2-6H3/t19?,20-,23+,25?,26?/m0/s1. The molecular formula is C26H42O. The van der Waals surface area contributed by atoms with Crippen LogP contribution in [0.15, 0.2) is 47.1 Å². The molecule has 152 valence electrons. The average Bonchev–Trinajstić information content (AvgIpc) is 2.58. The summed E-state index contributed by atoms with van der Waals surface area (Å²) in [6.07, 6.45) is 16.3. The van der Waals surface area contributed by atoms with Gasteiger partial charge in [-0.25, -0.2) is 0 Å². The highest BCUT2D eigenvalue weighted by Crippen LogP contribution is 2.37. The summed E-state index contributed by atoms with van der Waals surface area (Å²) >= 11 is 0. The van der Waals surface area contributed by atoms with E-state index in [0.717, 1.165) is 19.3 Å². The van der Waals surface area contributed by atoms with Gasteiger partial charge in [-0.1, -0.05) is 61.8 Å². The van der Waals surface area contributed by atoms with E-state index in [-0.39, 0.29) is 6.10 Å². The van der Waals surface area contributed by atoms with Crippen molar-refractivity contribution in [3.8, 4) is 0 Å². The van der Waals surface area contributed by atoms with Crippen molar-refractivity contribution in [1.82, 2.24) is 0 Å². The number of allylic oxidation sites excluding steroid dienone is 7. The zero-order valence-electron chi connectivity index (χ0n) is 18.4. The highest BCUT2D eigenvalue weighted by Gasteiger charge is 2.31. The van der Waals surface area contributed by atoms with Gasteiger partial charge in [0.2, 0.25) is 0 Å². The lowest BCUT2D eigenvalue weighted by atomic mass is 9.71. The third kappa shape index (κ3) is 6.49. The van der Waals surface area contributed by atoms with Crippen LogP contribution < -0.4 is 0 Å². The third-order valence-corrected chi connectivity index (χ3v) is 6.83. The van der Waals surface area contributed by atoms with E-state index in [1.165, 1.54) is 43.3 Å². The minimum atomic E-state index is -0.221. The largest absolute Gasteiger partial charge is 0.393 e. The minimum absolute atomic E-state index is 0.221. The molecule has 0 heterocycles. The topological polar surface area (TPSA) is 20.2 Å². The Morgan fingerprint density at radius 1 is 1.22 bits per heavy atom. The molecule has 0 saturated heterocycles. The van der Waals surface area contributed by atoms with Gasteiger partial charge in [0, 0.05) is 0 Å². The molecule has 1 heteroatoms. The lowest BCUT2D eigenvalue weighted by molar-refractivity contribution is 0.0705. The molecule has 0 bridgehead atoms. The zero-order valence-corrected chi connectivity index (χ0v) is 18.4. The minimum Gasteiger partial charge on any atom is -0.393 e. The Balaban J connectivity index is 1.71. The van der Waals surface area contributed by atoms with Crippen molar-refractivity contribution in [2.75, 3.05) is 0 Å². The smallest absolute Gasteiger partial charge is 0.0546 e. The van der Waals surface area contributed by atoms with Gasteiger partial charge in [0.15, 0.2) is 0 Å². The lowest BCUT2D eigenvalue weighted by Gasteiger charge is -2.35. The fourth-order valence-electron chi connectivity index (χ4n) is 5.28. The van der Waals surface area contributed by atoms with Gasteiger partial charge in [0.1, 0.15) is 0 Å². The Kier molecular flexibility index (Phi) is 8.61. The fraction of sp³-hybridized carbons (Fsp3) is 0.692. The molecule has 0 saturated carbocycles. The molecule has 27 heavy (non-hydrogen) atoms. The number of aliphatic hydroxyl groups is 1. The maximum Gasteiger partial charge on any atom is 0.0546 e. The van der Waals surface area contributed by atoms with Gasteiger partial charge in [-0.15, -0.1) is 0 Å². The average molecular weight is 371 g/mol. The van der Waals surface area contributed by atoms with Crippen molar-refractivity contribution < 1.29 is 5.11 Å². The zero-order chi connectivity index (χ0) is 20.0. The second-order valence-corrected chi connectivity index (χ2v) is 9.40. The SMILES string of the molecule is C=C(CCCCCC1=C(C)CC(C)C=C1C)CC1C([C@@H](C)O)CC=C[C@@H]1C. The molecule has 1 nitrogen and oxygen atoms in total. The highest BCUT2D eigenvalue weighted by atomic mass is 16.3. The summed E-state index contributed by atoms with van der Waals surface area (Å²) < 4.78 is 0. The van der Waals surface area contributed by atoms with Crippen LogP contribution in [-0.4, -0.2) is 11.2 Å². The normalized spacial score (nSPS) is 29.6. The second-order valence-electron chi connectivity index (χ2n) is 9.40. The number of aliphatic hydroxyl groups excluding tert-OH is 1. The Bertz CT molecular complexity index is 589. The van der Waals surface area contributed by atoms with Crippen LogP contribution >= 0.6 is 0 Å². The van der Waals surface area contributed by atoms with Crippen LogP contribution in [0.2, 0.25) is 0 Å². The van der Waals surface area contributed by atoms with E-state index >= 15 is 0 Å². The van der Waals surface area contributed by atoms with Crippen LogP contribution in [0.4, 0.5) is 0 Å². The molecule has 0 aromatic heterocycles. The maximum absolute atomic E-state index is 10.1. The van der Waals surface area contributed by atoms with Crippen molar-refractivity contribution in [1.29, 1.82) is 0 Å². The third-order valence-electron chi connectivity index (χ3n) is 6.83. The van der Waals surface area contributed by atoms with Crippen molar-refractivity contribution in [3.05, 3.63) is 47.1 Å². The number of hydrogen-bond donors (Lipinski definition) is 1. The first-order chi connectivity index (χ1) is 12.8. The van der Waals surface area contributed by atoms with Gasteiger partial charge in [-0.05, 0) is 95.0 Å². The van der Waals surface area contributed by atoms with Crippen molar-refractivity contribution in [3.63, 3.8) is 0 Å². The molecule has 2 aliphatic rings. The molecule has 0 aliphatic heterocycles. The summed E-state index contributed by atoms with van der Waals surface area (Å²) in [6, 6.07) is 0. The number of hydrogen-bond acceptors (Lipinski definition) is 1. The summed E-state index contributed by atoms with van der Waals surface area (Å²) in [5, 5.41) is 10.1. The molecule has 2 aliphatic carbocycles. The number of unbranched alkanes of at least 4 members (excludes halogenated alkanes) is 2. The molecule has 2 rings (SSSR count). The highest BCUT2D eigenvalue weighted by molar-refractivity contribution is 5.37. The molecular weight excluding hydrogens is 328 g/mol. The van der Waals surface area contributed by atoms with Gasteiger partial charge in [0.25, 0.3) is 0 Å². The van der Waals surface area contributed by atoms with Gasteiger partial charge in [-0.3, -0.25) is 0 Å². The molecule has 0 spiro atoms. The Morgan fingerprint density at radius 3 is 2.63 bits per heavy atom. The Hall–Kier alpha value is -1.08. The fourth-order valence-corrected chi connectivity index (χ4v) is 5.28. The first-order valence-corrected chi connectivity index (χ1v) is 11.2. The van der Waals surface area contributed by atoms with E-state index in [0.29, 0.717) is 23.7 Å². The van der Waals surface area contributed by atoms with E-state index < -0.39 is 0 Å². The number of rotatable bonds is 9. The molecule has 0 amide bonds. The van der Waals surface area contributed by atoms with Crippen LogP contribution in [0.5, 0.6) is 0 Å². The van der Waals surface area contributed by atoms with Crippen LogP contribution in [0, 0.1) is 23.7 Å². The predicted octanol–water partition coefficient (Wildman–Crippen LogP) is 7.40. The van der Waals surface area contributed by atoms with E-state index in [2.05, 4.69) is 52.5 Å². The van der Waals surface area contributed by atoms with Crippen LogP contribution in [0.1, 0.15) is 86.0 Å². The van der Waals surface area contributed by atoms with Crippen molar-refractivity contribution in [2.24, 2.45) is 23.7 Å². The summed E-state index contributed by atoms with van der Waals surface area (Å²) in [5.74, 6) is 2.19. The van der Waals surface area contributed by atoms with Gasteiger partial charge in [0.05, 0.1) is 6.10 Å².